The average Bonchev–Trinajstić information content (AvgIpc) is 3.63. The molecule has 0 saturated carbocycles. The van der Waals surface area contributed by atoms with Gasteiger partial charge in [0.25, 0.3) is 5.91 Å². The Morgan fingerprint density at radius 2 is 1.70 bits per heavy atom. The highest BCUT2D eigenvalue weighted by atomic mass is 28.4. The SMILES string of the molecule is COc1ccc2c(c1)[C@@]1(O[C@H](CC(=O)N3Cc4ccccc4C[C@H]3CO)[C@@H]([Si](C)(C)F)[C@@H]1C)C(=O)N2Cc1ccc(N2N=C(c3ccccc3)CCC2=O)cc1. The third-order valence-corrected chi connectivity index (χ3v) is 14.5. The van der Waals surface area contributed by atoms with Gasteiger partial charge in [0.15, 0.2) is 5.60 Å². The van der Waals surface area contributed by atoms with Crippen LogP contribution in [0.4, 0.5) is 15.5 Å². The molecule has 4 aromatic rings. The van der Waals surface area contributed by atoms with Crippen molar-refractivity contribution in [3.63, 3.8) is 0 Å². The second-order valence-electron chi connectivity index (χ2n) is 15.9. The Morgan fingerprint density at radius 1 is 0.982 bits per heavy atom. The van der Waals surface area contributed by atoms with Gasteiger partial charge in [-0.05, 0) is 72.1 Å². The van der Waals surface area contributed by atoms with E-state index in [9.17, 15) is 14.7 Å². The number of carbonyl (C=O) groups excluding carboxylic acids is 3. The van der Waals surface area contributed by atoms with Crippen molar-refractivity contribution < 1.29 is 33.1 Å². The van der Waals surface area contributed by atoms with Crippen LogP contribution >= 0.6 is 0 Å². The van der Waals surface area contributed by atoms with E-state index in [2.05, 4.69) is 0 Å². The molecule has 290 valence electrons. The molecule has 56 heavy (non-hydrogen) atoms. The number of hydrogen-bond acceptors (Lipinski definition) is 7. The number of hydrogen-bond donors (Lipinski definition) is 1. The smallest absolute Gasteiger partial charge is 0.264 e. The lowest BCUT2D eigenvalue weighted by Crippen LogP contribution is -2.48. The van der Waals surface area contributed by atoms with E-state index in [4.69, 9.17) is 14.6 Å². The summed E-state index contributed by atoms with van der Waals surface area (Å²) in [6.45, 7) is 5.44. The van der Waals surface area contributed by atoms with Gasteiger partial charge in [-0.2, -0.15) is 5.10 Å². The highest BCUT2D eigenvalue weighted by Gasteiger charge is 2.67. The Hall–Kier alpha value is -5.17. The summed E-state index contributed by atoms with van der Waals surface area (Å²) in [5.74, 6) is -0.723. The zero-order chi connectivity index (χ0) is 39.4. The van der Waals surface area contributed by atoms with Crippen molar-refractivity contribution >= 4 is 43.2 Å². The number of ether oxygens (including phenoxy) is 2. The molecule has 5 atom stereocenters. The van der Waals surface area contributed by atoms with Gasteiger partial charge >= 0.3 is 0 Å². The van der Waals surface area contributed by atoms with Crippen molar-refractivity contribution in [1.29, 1.82) is 0 Å². The number of methoxy groups -OCH3 is 1. The first-order valence-electron chi connectivity index (χ1n) is 19.3. The van der Waals surface area contributed by atoms with Crippen LogP contribution in [0.3, 0.4) is 0 Å². The van der Waals surface area contributed by atoms with Crippen LogP contribution in [0.2, 0.25) is 18.6 Å². The topological polar surface area (TPSA) is 112 Å². The van der Waals surface area contributed by atoms with Crippen molar-refractivity contribution in [2.24, 2.45) is 11.0 Å². The highest BCUT2D eigenvalue weighted by molar-refractivity contribution is 6.72. The number of carbonyl (C=O) groups is 3. The Balaban J connectivity index is 1.09. The Bertz CT molecular complexity index is 2190. The lowest BCUT2D eigenvalue weighted by atomic mass is 9.82. The first-order valence-corrected chi connectivity index (χ1v) is 22.3. The molecule has 3 amide bonds. The van der Waals surface area contributed by atoms with Gasteiger partial charge in [-0.15, -0.1) is 0 Å². The van der Waals surface area contributed by atoms with E-state index >= 15 is 8.90 Å². The second kappa shape index (κ2) is 14.7. The maximum Gasteiger partial charge on any atom is 0.264 e. The van der Waals surface area contributed by atoms with Crippen LogP contribution in [0, 0.1) is 5.92 Å². The van der Waals surface area contributed by atoms with E-state index in [1.54, 1.807) is 42.1 Å². The summed E-state index contributed by atoms with van der Waals surface area (Å²) >= 11 is 0. The molecular weight excluding hydrogens is 728 g/mol. The average molecular weight is 775 g/mol. The number of amides is 3. The number of hydrazone groups is 1. The predicted octanol–water partition coefficient (Wildman–Crippen LogP) is 6.88. The molecule has 1 spiro atoms. The lowest BCUT2D eigenvalue weighted by molar-refractivity contribution is -0.151. The molecule has 0 bridgehead atoms. The summed E-state index contributed by atoms with van der Waals surface area (Å²) in [5.41, 5.74) is 4.35. The van der Waals surface area contributed by atoms with Crippen LogP contribution in [0.25, 0.3) is 0 Å². The molecule has 1 N–H and O–H groups in total. The first-order chi connectivity index (χ1) is 26.9. The third-order valence-electron chi connectivity index (χ3n) is 12.1. The number of anilines is 2. The molecular formula is C44H47FN4O6Si. The van der Waals surface area contributed by atoms with Crippen molar-refractivity contribution in [3.8, 4) is 5.75 Å². The maximum absolute atomic E-state index is 16.6. The van der Waals surface area contributed by atoms with E-state index in [0.29, 0.717) is 48.5 Å². The summed E-state index contributed by atoms with van der Waals surface area (Å²) < 4.78 is 29.1. The van der Waals surface area contributed by atoms with Crippen LogP contribution in [0.5, 0.6) is 5.75 Å². The number of benzene rings is 4. The molecule has 8 rings (SSSR count). The molecule has 0 radical (unpaired) electrons. The number of rotatable bonds is 9. The summed E-state index contributed by atoms with van der Waals surface area (Å²) in [7, 11) is -2.00. The standard InChI is InChI=1S/C44H47FN4O6Si/c1-28-42(56(3,4)45)39(24-41(52)47-26-32-13-9-8-12-31(32)22-34(47)27-50)55-44(28)36-23-35(54-2)18-20-38(36)48(43(44)53)25-29-14-16-33(17-15-29)49-40(51)21-19-37(46-49)30-10-6-5-7-11-30/h5-18,20,23,28,34,39,42,50H,19,21-22,24-27H2,1-4H3/t28-,34-,39+,42-,44+/m0/s1. The first kappa shape index (κ1) is 37.7. The van der Waals surface area contributed by atoms with Gasteiger partial charge in [0.2, 0.25) is 20.2 Å². The number of halogens is 1. The van der Waals surface area contributed by atoms with Gasteiger partial charge in [-0.25, -0.2) is 5.01 Å². The third kappa shape index (κ3) is 6.53. The quantitative estimate of drug-likeness (QED) is 0.147. The highest BCUT2D eigenvalue weighted by Crippen LogP contribution is 2.61. The predicted molar refractivity (Wildman–Crippen MR) is 215 cm³/mol. The number of fused-ring (bicyclic) bond motifs is 3. The Morgan fingerprint density at radius 3 is 2.39 bits per heavy atom. The second-order valence-corrected chi connectivity index (χ2v) is 19.7. The fourth-order valence-corrected chi connectivity index (χ4v) is 11.9. The zero-order valence-electron chi connectivity index (χ0n) is 32.2. The van der Waals surface area contributed by atoms with Crippen LogP contribution < -0.4 is 14.6 Å². The van der Waals surface area contributed by atoms with E-state index in [-0.39, 0.29) is 37.3 Å². The monoisotopic (exact) mass is 774 g/mol. The fraction of sp³-hybridized carbons (Fsp3) is 0.364. The van der Waals surface area contributed by atoms with E-state index in [1.807, 2.05) is 91.9 Å². The summed E-state index contributed by atoms with van der Waals surface area (Å²) in [6, 6.07) is 30.1. The summed E-state index contributed by atoms with van der Waals surface area (Å²) in [6.07, 6.45) is 0.446. The van der Waals surface area contributed by atoms with Crippen LogP contribution in [0.15, 0.2) is 102 Å². The van der Waals surface area contributed by atoms with Gasteiger partial charge in [0, 0.05) is 36.4 Å². The Kier molecular flexibility index (Phi) is 9.92. The molecule has 1 fully saturated rings. The van der Waals surface area contributed by atoms with Gasteiger partial charge in [0.1, 0.15) is 5.75 Å². The molecule has 4 aliphatic rings. The van der Waals surface area contributed by atoms with Gasteiger partial charge < -0.3 is 28.5 Å². The van der Waals surface area contributed by atoms with Gasteiger partial charge in [0.05, 0.1) is 55.9 Å². The van der Waals surface area contributed by atoms with Crippen molar-refractivity contribution in [2.45, 2.75) is 82.1 Å². The largest absolute Gasteiger partial charge is 0.497 e. The van der Waals surface area contributed by atoms with Crippen LogP contribution in [-0.2, 0) is 44.2 Å². The van der Waals surface area contributed by atoms with Gasteiger partial charge in [-0.1, -0.05) is 73.7 Å². The normalized spacial score (nSPS) is 24.7. The van der Waals surface area contributed by atoms with Crippen molar-refractivity contribution in [2.75, 3.05) is 23.6 Å². The van der Waals surface area contributed by atoms with Gasteiger partial charge in [-0.3, -0.25) is 14.4 Å². The zero-order valence-corrected chi connectivity index (χ0v) is 33.2. The molecule has 0 unspecified atom stereocenters. The van der Waals surface area contributed by atoms with Crippen LogP contribution in [0.1, 0.15) is 54.0 Å². The minimum absolute atomic E-state index is 0.0942. The molecule has 4 heterocycles. The van der Waals surface area contributed by atoms with E-state index in [1.165, 1.54) is 5.01 Å². The molecule has 4 aromatic carbocycles. The fourth-order valence-electron chi connectivity index (χ4n) is 9.36. The Labute approximate surface area is 327 Å². The lowest BCUT2D eigenvalue weighted by Gasteiger charge is -2.37. The minimum Gasteiger partial charge on any atom is -0.497 e. The maximum atomic E-state index is 16.6. The molecule has 10 nitrogen and oxygen atoms in total. The van der Waals surface area contributed by atoms with E-state index in [0.717, 1.165) is 28.0 Å². The van der Waals surface area contributed by atoms with Crippen molar-refractivity contribution in [1.82, 2.24) is 4.90 Å². The van der Waals surface area contributed by atoms with E-state index < -0.39 is 37.6 Å². The molecule has 4 aliphatic heterocycles. The van der Waals surface area contributed by atoms with Crippen molar-refractivity contribution in [3.05, 3.63) is 125 Å². The van der Waals surface area contributed by atoms with Crippen LogP contribution in [-0.4, -0.2) is 67.7 Å². The molecule has 0 aromatic heterocycles. The molecule has 12 heteroatoms. The summed E-state index contributed by atoms with van der Waals surface area (Å²) in [4.78, 5) is 45.5. The summed E-state index contributed by atoms with van der Waals surface area (Å²) in [5, 5.41) is 16.5. The molecule has 0 aliphatic carbocycles. The minimum atomic E-state index is -3.56. The molecule has 1 saturated heterocycles. The number of nitrogens with zero attached hydrogens (tertiary/aromatic N) is 4. The number of aliphatic hydroxyl groups is 1. The number of aliphatic hydroxyl groups excluding tert-OH is 1.